The van der Waals surface area contributed by atoms with Gasteiger partial charge in [-0.25, -0.2) is 0 Å². The van der Waals surface area contributed by atoms with Crippen LogP contribution in [0.1, 0.15) is 12.0 Å². The second kappa shape index (κ2) is 8.65. The van der Waals surface area contributed by atoms with Crippen LogP contribution in [0.2, 0.25) is 0 Å². The van der Waals surface area contributed by atoms with E-state index in [1.165, 1.54) is 12.0 Å². The molecule has 122 valence electrons. The van der Waals surface area contributed by atoms with Crippen LogP contribution in [0.25, 0.3) is 0 Å². The van der Waals surface area contributed by atoms with Gasteiger partial charge in [0.1, 0.15) is 12.4 Å². The summed E-state index contributed by atoms with van der Waals surface area (Å²) in [6.45, 7) is 5.96. The van der Waals surface area contributed by atoms with Gasteiger partial charge in [0.15, 0.2) is 0 Å². The molecule has 1 aromatic carbocycles. The lowest BCUT2D eigenvalue weighted by molar-refractivity contribution is 0.182. The fourth-order valence-electron chi connectivity index (χ4n) is 3.03. The Morgan fingerprint density at radius 3 is 2.83 bits per heavy atom. The minimum absolute atomic E-state index is 0.713. The van der Waals surface area contributed by atoms with Gasteiger partial charge in [-0.2, -0.15) is 0 Å². The Morgan fingerprint density at radius 1 is 1.17 bits per heavy atom. The van der Waals surface area contributed by atoms with Crippen molar-refractivity contribution in [1.29, 1.82) is 0 Å². The molecule has 0 amide bonds. The number of aromatic nitrogens is 1. The third-order valence-corrected chi connectivity index (χ3v) is 4.23. The number of ether oxygens (including phenoxy) is 1. The summed E-state index contributed by atoms with van der Waals surface area (Å²) in [6.07, 6.45) is 5.05. The maximum atomic E-state index is 5.87. The van der Waals surface area contributed by atoms with Crippen LogP contribution in [0, 0.1) is 5.92 Å². The highest BCUT2D eigenvalue weighted by Crippen LogP contribution is 2.13. The van der Waals surface area contributed by atoms with Crippen molar-refractivity contribution in [2.75, 3.05) is 32.8 Å². The summed E-state index contributed by atoms with van der Waals surface area (Å²) < 4.78 is 5.87. The Hall–Kier alpha value is -1.91. The Morgan fingerprint density at radius 2 is 2.09 bits per heavy atom. The zero-order valence-electron chi connectivity index (χ0n) is 13.5. The molecule has 1 N–H and O–H groups in total. The van der Waals surface area contributed by atoms with E-state index in [2.05, 4.69) is 21.3 Å². The van der Waals surface area contributed by atoms with Crippen LogP contribution in [0.3, 0.4) is 0 Å². The average molecular weight is 311 g/mol. The lowest BCUT2D eigenvalue weighted by Crippen LogP contribution is -2.33. The summed E-state index contributed by atoms with van der Waals surface area (Å²) in [4.78, 5) is 6.71. The topological polar surface area (TPSA) is 37.4 Å². The van der Waals surface area contributed by atoms with E-state index in [1.807, 2.05) is 48.8 Å². The maximum absolute atomic E-state index is 5.87. The highest BCUT2D eigenvalue weighted by Gasteiger charge is 2.18. The summed E-state index contributed by atoms with van der Waals surface area (Å²) >= 11 is 0. The molecule has 4 nitrogen and oxygen atoms in total. The molecule has 1 fully saturated rings. The molecule has 0 saturated carbocycles. The molecule has 1 aromatic heterocycles. The molecule has 4 heteroatoms. The fourth-order valence-corrected chi connectivity index (χ4v) is 3.03. The molecule has 0 unspecified atom stereocenters. The standard InChI is InChI=1S/C19H25N3O/c1-2-6-19(7-3-1)23-12-11-22(16-18-8-10-21-14-18)15-17-5-4-9-20-13-17/h1-7,9,13,18,21H,8,10-12,14-16H2/t18-/m0/s1. The first-order chi connectivity index (χ1) is 11.4. The summed E-state index contributed by atoms with van der Waals surface area (Å²) in [5.74, 6) is 1.68. The summed E-state index contributed by atoms with van der Waals surface area (Å²) in [5, 5.41) is 3.45. The number of nitrogens with zero attached hydrogens (tertiary/aromatic N) is 2. The van der Waals surface area contributed by atoms with Crippen molar-refractivity contribution < 1.29 is 4.74 Å². The van der Waals surface area contributed by atoms with E-state index in [9.17, 15) is 0 Å². The van der Waals surface area contributed by atoms with Crippen molar-refractivity contribution in [1.82, 2.24) is 15.2 Å². The summed E-state index contributed by atoms with van der Waals surface area (Å²) in [5.41, 5.74) is 1.26. The molecule has 2 heterocycles. The minimum atomic E-state index is 0.713. The first-order valence-electron chi connectivity index (χ1n) is 8.40. The second-order valence-electron chi connectivity index (χ2n) is 6.12. The zero-order chi connectivity index (χ0) is 15.7. The van der Waals surface area contributed by atoms with E-state index in [0.717, 1.165) is 44.4 Å². The number of benzene rings is 1. The lowest BCUT2D eigenvalue weighted by Gasteiger charge is -2.25. The van der Waals surface area contributed by atoms with Gasteiger partial charge in [-0.05, 0) is 49.2 Å². The van der Waals surface area contributed by atoms with Crippen molar-refractivity contribution in [3.8, 4) is 5.75 Å². The third kappa shape index (κ3) is 5.34. The van der Waals surface area contributed by atoms with Crippen LogP contribution in [-0.4, -0.2) is 42.7 Å². The van der Waals surface area contributed by atoms with Gasteiger partial charge in [0, 0.05) is 32.0 Å². The Labute approximate surface area is 138 Å². The first kappa shape index (κ1) is 16.0. The number of para-hydroxylation sites is 1. The SMILES string of the molecule is c1ccc(OCCN(Cc2cccnc2)C[C@H]2CCNC2)cc1. The van der Waals surface area contributed by atoms with Gasteiger partial charge >= 0.3 is 0 Å². The molecule has 1 aliphatic heterocycles. The normalized spacial score (nSPS) is 17.5. The van der Waals surface area contributed by atoms with E-state index < -0.39 is 0 Å². The minimum Gasteiger partial charge on any atom is -0.492 e. The van der Waals surface area contributed by atoms with Crippen LogP contribution < -0.4 is 10.1 Å². The van der Waals surface area contributed by atoms with Crippen molar-refractivity contribution in [3.05, 3.63) is 60.4 Å². The molecule has 0 spiro atoms. The molecule has 0 aliphatic carbocycles. The van der Waals surface area contributed by atoms with Gasteiger partial charge in [-0.1, -0.05) is 24.3 Å². The number of nitrogens with one attached hydrogen (secondary N) is 1. The Kier molecular flexibility index (Phi) is 6.01. The van der Waals surface area contributed by atoms with E-state index >= 15 is 0 Å². The van der Waals surface area contributed by atoms with E-state index in [0.29, 0.717) is 6.61 Å². The van der Waals surface area contributed by atoms with Gasteiger partial charge in [0.25, 0.3) is 0 Å². The summed E-state index contributed by atoms with van der Waals surface area (Å²) in [7, 11) is 0. The fraction of sp³-hybridized carbons (Fsp3) is 0.421. The van der Waals surface area contributed by atoms with Crippen molar-refractivity contribution in [2.45, 2.75) is 13.0 Å². The third-order valence-electron chi connectivity index (χ3n) is 4.23. The maximum Gasteiger partial charge on any atom is 0.119 e. The zero-order valence-corrected chi connectivity index (χ0v) is 13.5. The lowest BCUT2D eigenvalue weighted by atomic mass is 10.1. The van der Waals surface area contributed by atoms with E-state index in [1.54, 1.807) is 0 Å². The first-order valence-corrected chi connectivity index (χ1v) is 8.40. The quantitative estimate of drug-likeness (QED) is 0.813. The van der Waals surface area contributed by atoms with Gasteiger partial charge in [0.05, 0.1) is 0 Å². The van der Waals surface area contributed by atoms with Crippen molar-refractivity contribution >= 4 is 0 Å². The molecule has 0 radical (unpaired) electrons. The highest BCUT2D eigenvalue weighted by atomic mass is 16.5. The molecule has 23 heavy (non-hydrogen) atoms. The van der Waals surface area contributed by atoms with Crippen molar-refractivity contribution in [2.24, 2.45) is 5.92 Å². The number of pyridine rings is 1. The van der Waals surface area contributed by atoms with Gasteiger partial charge in [0.2, 0.25) is 0 Å². The number of hydrogen-bond donors (Lipinski definition) is 1. The molecular weight excluding hydrogens is 286 g/mol. The van der Waals surface area contributed by atoms with Crippen molar-refractivity contribution in [3.63, 3.8) is 0 Å². The highest BCUT2D eigenvalue weighted by molar-refractivity contribution is 5.20. The van der Waals surface area contributed by atoms with Gasteiger partial charge in [-0.15, -0.1) is 0 Å². The molecule has 1 saturated heterocycles. The summed E-state index contributed by atoms with van der Waals surface area (Å²) in [6, 6.07) is 14.2. The average Bonchev–Trinajstić information content (AvgIpc) is 3.10. The van der Waals surface area contributed by atoms with E-state index in [4.69, 9.17) is 4.74 Å². The number of hydrogen-bond acceptors (Lipinski definition) is 4. The van der Waals surface area contributed by atoms with Gasteiger partial charge in [-0.3, -0.25) is 9.88 Å². The van der Waals surface area contributed by atoms with Gasteiger partial charge < -0.3 is 10.1 Å². The van der Waals surface area contributed by atoms with Crippen LogP contribution >= 0.6 is 0 Å². The molecule has 1 aliphatic rings. The van der Waals surface area contributed by atoms with E-state index in [-0.39, 0.29) is 0 Å². The molecule has 0 bridgehead atoms. The Bertz CT molecular complexity index is 555. The molecule has 3 rings (SSSR count). The molecule has 1 atom stereocenters. The molecular formula is C19H25N3O. The van der Waals surface area contributed by atoms with Crippen LogP contribution in [0.15, 0.2) is 54.9 Å². The largest absolute Gasteiger partial charge is 0.492 e. The number of rotatable bonds is 8. The predicted octanol–water partition coefficient (Wildman–Crippen LogP) is 2.57. The monoisotopic (exact) mass is 311 g/mol. The van der Waals surface area contributed by atoms with Crippen LogP contribution in [-0.2, 0) is 6.54 Å². The smallest absolute Gasteiger partial charge is 0.119 e. The Balaban J connectivity index is 1.53. The second-order valence-corrected chi connectivity index (χ2v) is 6.12. The van der Waals surface area contributed by atoms with Crippen LogP contribution in [0.4, 0.5) is 0 Å². The molecule has 2 aromatic rings. The predicted molar refractivity (Wildman–Crippen MR) is 92.4 cm³/mol. The van der Waals surface area contributed by atoms with Crippen LogP contribution in [0.5, 0.6) is 5.75 Å².